The molecule has 5 nitrogen and oxygen atoms in total. The first-order valence-electron chi connectivity index (χ1n) is 9.38. The number of fused-ring (bicyclic) bond motifs is 1. The van der Waals surface area contributed by atoms with Gasteiger partial charge in [-0.25, -0.2) is 4.98 Å². The Morgan fingerprint density at radius 3 is 2.92 bits per heavy atom. The number of imidazole rings is 1. The second kappa shape index (κ2) is 7.58. The molecule has 2 aromatic rings. The van der Waals surface area contributed by atoms with Crippen LogP contribution in [0, 0.1) is 0 Å². The van der Waals surface area contributed by atoms with Gasteiger partial charge in [-0.1, -0.05) is 31.4 Å². The first-order chi connectivity index (χ1) is 12.3. The van der Waals surface area contributed by atoms with Crippen LogP contribution in [0.5, 0.6) is 5.75 Å². The Morgan fingerprint density at radius 1 is 1.24 bits per heavy atom. The van der Waals surface area contributed by atoms with Crippen LogP contribution in [0.3, 0.4) is 0 Å². The SMILES string of the molecule is COc1ccccc1-c1cn2c(n1)COC(CNC1CCCCC1)C2. The van der Waals surface area contributed by atoms with Crippen molar-refractivity contribution in [3.63, 3.8) is 0 Å². The molecule has 1 aliphatic carbocycles. The number of para-hydroxylation sites is 1. The smallest absolute Gasteiger partial charge is 0.135 e. The first-order valence-corrected chi connectivity index (χ1v) is 9.38. The van der Waals surface area contributed by atoms with E-state index in [0.717, 1.165) is 35.9 Å². The Morgan fingerprint density at radius 2 is 2.08 bits per heavy atom. The normalized spacial score (nSPS) is 21.1. The molecule has 0 radical (unpaired) electrons. The Labute approximate surface area is 149 Å². The van der Waals surface area contributed by atoms with E-state index in [1.165, 1.54) is 32.1 Å². The summed E-state index contributed by atoms with van der Waals surface area (Å²) in [5.41, 5.74) is 1.99. The van der Waals surface area contributed by atoms with Crippen LogP contribution in [-0.2, 0) is 17.9 Å². The number of rotatable bonds is 5. The predicted octanol–water partition coefficient (Wildman–Crippen LogP) is 3.38. The lowest BCUT2D eigenvalue weighted by Gasteiger charge is -2.28. The van der Waals surface area contributed by atoms with Crippen molar-refractivity contribution in [2.45, 2.75) is 57.4 Å². The largest absolute Gasteiger partial charge is 0.496 e. The van der Waals surface area contributed by atoms with E-state index in [-0.39, 0.29) is 6.10 Å². The average molecular weight is 341 g/mol. The van der Waals surface area contributed by atoms with Gasteiger partial charge in [0.05, 0.1) is 25.5 Å². The van der Waals surface area contributed by atoms with Crippen molar-refractivity contribution in [1.82, 2.24) is 14.9 Å². The van der Waals surface area contributed by atoms with Gasteiger partial charge in [-0.3, -0.25) is 0 Å². The molecule has 5 heteroatoms. The molecule has 0 bridgehead atoms. The van der Waals surface area contributed by atoms with E-state index < -0.39 is 0 Å². The number of ether oxygens (including phenoxy) is 2. The molecule has 2 aliphatic rings. The lowest BCUT2D eigenvalue weighted by Crippen LogP contribution is -2.41. The maximum atomic E-state index is 6.02. The minimum absolute atomic E-state index is 0.217. The van der Waals surface area contributed by atoms with Crippen molar-refractivity contribution >= 4 is 0 Å². The third-order valence-corrected chi connectivity index (χ3v) is 5.33. The highest BCUT2D eigenvalue weighted by Crippen LogP contribution is 2.30. The van der Waals surface area contributed by atoms with Crippen molar-refractivity contribution in [1.29, 1.82) is 0 Å². The molecule has 1 aromatic carbocycles. The quantitative estimate of drug-likeness (QED) is 0.906. The Kier molecular flexibility index (Phi) is 5.04. The number of nitrogens with zero attached hydrogens (tertiary/aromatic N) is 2. The van der Waals surface area contributed by atoms with Crippen LogP contribution < -0.4 is 10.1 Å². The molecule has 134 valence electrons. The van der Waals surface area contributed by atoms with E-state index in [2.05, 4.69) is 22.1 Å². The van der Waals surface area contributed by atoms with Gasteiger partial charge in [0.15, 0.2) is 0 Å². The Hall–Kier alpha value is -1.85. The molecule has 0 spiro atoms. The molecular weight excluding hydrogens is 314 g/mol. The summed E-state index contributed by atoms with van der Waals surface area (Å²) in [6.07, 6.45) is 9.07. The highest BCUT2D eigenvalue weighted by molar-refractivity contribution is 5.66. The molecule has 0 saturated heterocycles. The number of aromatic nitrogens is 2. The van der Waals surface area contributed by atoms with Crippen LogP contribution in [0.2, 0.25) is 0 Å². The standard InChI is InChI=1S/C20H27N3O2/c1-24-19-10-6-5-9-17(19)18-13-23-12-16(25-14-20(23)22-18)11-21-15-7-3-2-4-8-15/h5-6,9-10,13,15-16,21H,2-4,7-8,11-12,14H2,1H3. The topological polar surface area (TPSA) is 48.3 Å². The van der Waals surface area contributed by atoms with Gasteiger partial charge in [0, 0.05) is 24.3 Å². The van der Waals surface area contributed by atoms with Crippen molar-refractivity contribution in [2.24, 2.45) is 0 Å². The molecule has 1 saturated carbocycles. The summed E-state index contributed by atoms with van der Waals surface area (Å²) in [5, 5.41) is 3.70. The van der Waals surface area contributed by atoms with Crippen LogP contribution in [-0.4, -0.2) is 35.4 Å². The molecular formula is C20H27N3O2. The molecule has 1 fully saturated rings. The Balaban J connectivity index is 1.42. The zero-order valence-electron chi connectivity index (χ0n) is 14.9. The number of nitrogens with one attached hydrogen (secondary N) is 1. The number of benzene rings is 1. The van der Waals surface area contributed by atoms with E-state index in [4.69, 9.17) is 14.5 Å². The van der Waals surface area contributed by atoms with Crippen molar-refractivity contribution in [2.75, 3.05) is 13.7 Å². The van der Waals surface area contributed by atoms with Gasteiger partial charge in [0.2, 0.25) is 0 Å². The third-order valence-electron chi connectivity index (χ3n) is 5.33. The summed E-state index contributed by atoms with van der Waals surface area (Å²) in [6, 6.07) is 8.69. The van der Waals surface area contributed by atoms with Crippen LogP contribution >= 0.6 is 0 Å². The molecule has 1 aliphatic heterocycles. The lowest BCUT2D eigenvalue weighted by molar-refractivity contribution is 0.000876. The average Bonchev–Trinajstić information content (AvgIpc) is 3.10. The molecule has 2 heterocycles. The zero-order chi connectivity index (χ0) is 17.1. The fourth-order valence-electron chi connectivity index (χ4n) is 3.91. The van der Waals surface area contributed by atoms with Gasteiger partial charge in [-0.2, -0.15) is 0 Å². The summed E-state index contributed by atoms with van der Waals surface area (Å²) in [7, 11) is 1.70. The third kappa shape index (κ3) is 3.72. The second-order valence-corrected chi connectivity index (χ2v) is 7.07. The monoisotopic (exact) mass is 341 g/mol. The van der Waals surface area contributed by atoms with Gasteiger partial charge in [0.25, 0.3) is 0 Å². The van der Waals surface area contributed by atoms with Gasteiger partial charge in [0.1, 0.15) is 18.2 Å². The van der Waals surface area contributed by atoms with Crippen molar-refractivity contribution < 1.29 is 9.47 Å². The van der Waals surface area contributed by atoms with Crippen LogP contribution in [0.15, 0.2) is 30.5 Å². The molecule has 1 unspecified atom stereocenters. The predicted molar refractivity (Wildman–Crippen MR) is 97.7 cm³/mol. The van der Waals surface area contributed by atoms with E-state index in [1.54, 1.807) is 7.11 Å². The fraction of sp³-hybridized carbons (Fsp3) is 0.550. The van der Waals surface area contributed by atoms with Crippen LogP contribution in [0.4, 0.5) is 0 Å². The minimum Gasteiger partial charge on any atom is -0.496 e. The van der Waals surface area contributed by atoms with Gasteiger partial charge < -0.3 is 19.4 Å². The summed E-state index contributed by atoms with van der Waals surface area (Å²) < 4.78 is 13.7. The number of hydrogen-bond donors (Lipinski definition) is 1. The van der Waals surface area contributed by atoms with E-state index in [0.29, 0.717) is 12.6 Å². The fourth-order valence-corrected chi connectivity index (χ4v) is 3.91. The highest BCUT2D eigenvalue weighted by atomic mass is 16.5. The summed E-state index contributed by atoms with van der Waals surface area (Å²) >= 11 is 0. The van der Waals surface area contributed by atoms with E-state index in [9.17, 15) is 0 Å². The van der Waals surface area contributed by atoms with Gasteiger partial charge in [-0.15, -0.1) is 0 Å². The summed E-state index contributed by atoms with van der Waals surface area (Å²) in [5.74, 6) is 1.85. The molecule has 1 aromatic heterocycles. The van der Waals surface area contributed by atoms with E-state index >= 15 is 0 Å². The van der Waals surface area contributed by atoms with Crippen LogP contribution in [0.25, 0.3) is 11.3 Å². The molecule has 4 rings (SSSR count). The molecule has 0 amide bonds. The van der Waals surface area contributed by atoms with E-state index in [1.807, 2.05) is 18.2 Å². The van der Waals surface area contributed by atoms with Gasteiger partial charge in [-0.05, 0) is 25.0 Å². The number of methoxy groups -OCH3 is 1. The zero-order valence-corrected chi connectivity index (χ0v) is 14.9. The molecule has 1 atom stereocenters. The highest BCUT2D eigenvalue weighted by Gasteiger charge is 2.23. The first kappa shape index (κ1) is 16.6. The molecule has 1 N–H and O–H groups in total. The lowest BCUT2D eigenvalue weighted by atomic mass is 9.95. The van der Waals surface area contributed by atoms with Gasteiger partial charge >= 0.3 is 0 Å². The maximum Gasteiger partial charge on any atom is 0.135 e. The number of hydrogen-bond acceptors (Lipinski definition) is 4. The Bertz CT molecular complexity index is 707. The minimum atomic E-state index is 0.217. The maximum absolute atomic E-state index is 6.02. The second-order valence-electron chi connectivity index (χ2n) is 7.07. The van der Waals surface area contributed by atoms with Crippen LogP contribution in [0.1, 0.15) is 37.9 Å². The summed E-state index contributed by atoms with van der Waals surface area (Å²) in [4.78, 5) is 4.75. The van der Waals surface area contributed by atoms with Crippen molar-refractivity contribution in [3.8, 4) is 17.0 Å². The summed E-state index contributed by atoms with van der Waals surface area (Å²) in [6.45, 7) is 2.36. The van der Waals surface area contributed by atoms with Crippen molar-refractivity contribution in [3.05, 3.63) is 36.3 Å². The molecule has 25 heavy (non-hydrogen) atoms.